The molecule has 1 aliphatic carbocycles. The van der Waals surface area contributed by atoms with Crippen molar-refractivity contribution in [3.05, 3.63) is 54.5 Å². The number of hydrogen-bond donors (Lipinski definition) is 1. The molecule has 0 unspecified atom stereocenters. The Morgan fingerprint density at radius 1 is 1.11 bits per heavy atom. The van der Waals surface area contributed by atoms with Gasteiger partial charge in [-0.2, -0.15) is 0 Å². The highest BCUT2D eigenvalue weighted by Gasteiger charge is 2.44. The molecule has 2 fully saturated rings. The highest BCUT2D eigenvalue weighted by atomic mass is 32.2. The van der Waals surface area contributed by atoms with Gasteiger partial charge < -0.3 is 19.5 Å². The fourth-order valence-electron chi connectivity index (χ4n) is 3.44. The van der Waals surface area contributed by atoms with Crippen LogP contribution >= 0.6 is 11.8 Å². The fraction of sp³-hybridized carbons (Fsp3) is 0.429. The Kier molecular flexibility index (Phi) is 5.62. The quantitative estimate of drug-likeness (QED) is 0.620. The van der Waals surface area contributed by atoms with E-state index >= 15 is 0 Å². The number of thioether (sulfide) groups is 1. The van der Waals surface area contributed by atoms with Crippen molar-refractivity contribution in [2.45, 2.75) is 22.5 Å². The van der Waals surface area contributed by atoms with Gasteiger partial charge in [0.1, 0.15) is 0 Å². The van der Waals surface area contributed by atoms with Gasteiger partial charge in [0.15, 0.2) is 11.7 Å². The van der Waals surface area contributed by atoms with Crippen molar-refractivity contribution in [1.82, 2.24) is 15.1 Å². The topological polar surface area (TPSA) is 61.1 Å². The van der Waals surface area contributed by atoms with Gasteiger partial charge in [-0.25, -0.2) is 0 Å². The van der Waals surface area contributed by atoms with E-state index in [1.165, 1.54) is 24.0 Å². The van der Waals surface area contributed by atoms with Crippen LogP contribution in [-0.2, 0) is 0 Å². The molecule has 0 radical (unpaired) electrons. The van der Waals surface area contributed by atoms with Gasteiger partial charge in [0.05, 0.1) is 6.26 Å². The number of guanidine groups is 1. The average Bonchev–Trinajstić information content (AvgIpc) is 3.27. The summed E-state index contributed by atoms with van der Waals surface area (Å²) in [7, 11) is 1.83. The lowest BCUT2D eigenvalue weighted by Crippen LogP contribution is -2.54. The third-order valence-electron chi connectivity index (χ3n) is 5.26. The molecular formula is C21H26N4O2S. The maximum Gasteiger partial charge on any atom is 0.289 e. The Hall–Kier alpha value is -2.41. The molecule has 0 spiro atoms. The first kappa shape index (κ1) is 18.9. The van der Waals surface area contributed by atoms with Crippen LogP contribution in [0.2, 0.25) is 0 Å². The molecule has 0 atom stereocenters. The molecule has 1 saturated carbocycles. The Morgan fingerprint density at radius 3 is 2.43 bits per heavy atom. The molecule has 1 aromatic heterocycles. The van der Waals surface area contributed by atoms with Crippen LogP contribution in [0.15, 0.2) is 63.0 Å². The van der Waals surface area contributed by atoms with Crippen molar-refractivity contribution in [2.24, 2.45) is 4.99 Å². The third-order valence-corrected chi connectivity index (χ3v) is 6.76. The van der Waals surface area contributed by atoms with Crippen molar-refractivity contribution in [3.8, 4) is 0 Å². The monoisotopic (exact) mass is 398 g/mol. The van der Waals surface area contributed by atoms with Crippen molar-refractivity contribution in [1.29, 1.82) is 0 Å². The lowest BCUT2D eigenvalue weighted by Gasteiger charge is -2.36. The van der Waals surface area contributed by atoms with Crippen LogP contribution < -0.4 is 5.32 Å². The molecule has 1 amide bonds. The summed E-state index contributed by atoms with van der Waals surface area (Å²) < 4.78 is 5.50. The van der Waals surface area contributed by atoms with Gasteiger partial charge in [-0.05, 0) is 37.1 Å². The van der Waals surface area contributed by atoms with Gasteiger partial charge in [-0.15, -0.1) is 11.8 Å². The van der Waals surface area contributed by atoms with Crippen LogP contribution in [-0.4, -0.2) is 66.2 Å². The molecule has 1 aliphatic heterocycles. The van der Waals surface area contributed by atoms with E-state index in [9.17, 15) is 4.79 Å². The second-order valence-electron chi connectivity index (χ2n) is 7.26. The summed E-state index contributed by atoms with van der Waals surface area (Å²) in [6.45, 7) is 3.79. The minimum absolute atomic E-state index is 0.0382. The van der Waals surface area contributed by atoms with Gasteiger partial charge in [-0.3, -0.25) is 9.79 Å². The van der Waals surface area contributed by atoms with Crippen LogP contribution in [0.5, 0.6) is 0 Å². The normalized spacial score (nSPS) is 18.8. The number of aliphatic imine (C=N–C) groups is 1. The molecule has 1 aromatic carbocycles. The SMILES string of the molecule is CN=C(NCC1(Sc2ccccc2)CC1)N1CCN(C(=O)c2ccco2)CC1. The zero-order valence-electron chi connectivity index (χ0n) is 16.1. The maximum atomic E-state index is 12.4. The Morgan fingerprint density at radius 2 is 1.82 bits per heavy atom. The molecule has 2 aliphatic rings. The molecule has 6 nitrogen and oxygen atoms in total. The summed E-state index contributed by atoms with van der Waals surface area (Å²) in [6.07, 6.45) is 3.99. The number of carbonyl (C=O) groups is 1. The van der Waals surface area contributed by atoms with E-state index in [0.29, 0.717) is 18.8 Å². The van der Waals surface area contributed by atoms with Gasteiger partial charge >= 0.3 is 0 Å². The molecule has 2 heterocycles. The summed E-state index contributed by atoms with van der Waals surface area (Å²) in [4.78, 5) is 22.3. The highest BCUT2D eigenvalue weighted by molar-refractivity contribution is 8.01. The average molecular weight is 399 g/mol. The second kappa shape index (κ2) is 8.31. The number of nitrogens with zero attached hydrogens (tertiary/aromatic N) is 3. The zero-order chi connectivity index (χ0) is 19.4. The minimum atomic E-state index is -0.0382. The van der Waals surface area contributed by atoms with Crippen molar-refractivity contribution < 1.29 is 9.21 Å². The van der Waals surface area contributed by atoms with E-state index < -0.39 is 0 Å². The minimum Gasteiger partial charge on any atom is -0.459 e. The highest BCUT2D eigenvalue weighted by Crippen LogP contribution is 2.51. The number of carbonyl (C=O) groups excluding carboxylic acids is 1. The molecule has 1 saturated heterocycles. The Bertz CT molecular complexity index is 810. The number of piperazine rings is 1. The first-order valence-corrected chi connectivity index (χ1v) is 10.5. The first-order valence-electron chi connectivity index (χ1n) is 9.72. The number of hydrogen-bond acceptors (Lipinski definition) is 4. The standard InChI is InChI=1S/C21H26N4O2S/c1-22-20(23-16-21(9-10-21)28-17-6-3-2-4-7-17)25-13-11-24(12-14-25)19(26)18-8-5-15-27-18/h2-8,15H,9-14,16H2,1H3,(H,22,23). The summed E-state index contributed by atoms with van der Waals surface area (Å²) in [5, 5.41) is 3.57. The number of nitrogens with one attached hydrogen (secondary N) is 1. The van der Waals surface area contributed by atoms with Crippen LogP contribution in [0.1, 0.15) is 23.4 Å². The predicted octanol–water partition coefficient (Wildman–Crippen LogP) is 2.94. The summed E-state index contributed by atoms with van der Waals surface area (Å²) in [5.41, 5.74) is 0. The first-order chi connectivity index (χ1) is 13.7. The molecule has 28 heavy (non-hydrogen) atoms. The maximum absolute atomic E-state index is 12.4. The zero-order valence-corrected chi connectivity index (χ0v) is 17.0. The summed E-state index contributed by atoms with van der Waals surface area (Å²) in [6, 6.07) is 14.1. The van der Waals surface area contributed by atoms with Crippen LogP contribution in [0.4, 0.5) is 0 Å². The van der Waals surface area contributed by atoms with Gasteiger partial charge in [0.2, 0.25) is 0 Å². The van der Waals surface area contributed by atoms with E-state index in [1.54, 1.807) is 12.1 Å². The molecule has 2 aromatic rings. The number of rotatable bonds is 5. The van der Waals surface area contributed by atoms with Crippen molar-refractivity contribution in [3.63, 3.8) is 0 Å². The van der Waals surface area contributed by atoms with E-state index in [-0.39, 0.29) is 10.7 Å². The smallest absolute Gasteiger partial charge is 0.289 e. The van der Waals surface area contributed by atoms with Crippen LogP contribution in [0.3, 0.4) is 0 Å². The third kappa shape index (κ3) is 4.35. The lowest BCUT2D eigenvalue weighted by molar-refractivity contribution is 0.0658. The van der Waals surface area contributed by atoms with E-state index in [2.05, 4.69) is 45.5 Å². The van der Waals surface area contributed by atoms with Crippen LogP contribution in [0, 0.1) is 0 Å². The van der Waals surface area contributed by atoms with Gasteiger partial charge in [0.25, 0.3) is 5.91 Å². The van der Waals surface area contributed by atoms with Crippen molar-refractivity contribution >= 4 is 23.6 Å². The van der Waals surface area contributed by atoms with Gasteiger partial charge in [-0.1, -0.05) is 18.2 Å². The molecule has 4 rings (SSSR count). The van der Waals surface area contributed by atoms with E-state index in [0.717, 1.165) is 25.6 Å². The Balaban J connectivity index is 1.28. The predicted molar refractivity (Wildman–Crippen MR) is 112 cm³/mol. The van der Waals surface area contributed by atoms with E-state index in [1.807, 2.05) is 23.7 Å². The number of furan rings is 1. The summed E-state index contributed by atoms with van der Waals surface area (Å²) >= 11 is 1.96. The molecule has 1 N–H and O–H groups in total. The molecular weight excluding hydrogens is 372 g/mol. The fourth-order valence-corrected chi connectivity index (χ4v) is 4.69. The Labute approximate surface area is 170 Å². The molecule has 0 bridgehead atoms. The molecule has 7 heteroatoms. The lowest BCUT2D eigenvalue weighted by atomic mass is 10.3. The van der Waals surface area contributed by atoms with Gasteiger partial charge in [0, 0.05) is 49.4 Å². The number of benzene rings is 1. The van der Waals surface area contributed by atoms with Crippen molar-refractivity contribution in [2.75, 3.05) is 39.8 Å². The van der Waals surface area contributed by atoms with Crippen LogP contribution in [0.25, 0.3) is 0 Å². The number of amides is 1. The summed E-state index contributed by atoms with van der Waals surface area (Å²) in [5.74, 6) is 1.29. The largest absolute Gasteiger partial charge is 0.459 e. The second-order valence-corrected chi connectivity index (χ2v) is 8.80. The molecule has 148 valence electrons. The van der Waals surface area contributed by atoms with E-state index in [4.69, 9.17) is 4.42 Å².